The Kier molecular flexibility index (Phi) is 23.0. The summed E-state index contributed by atoms with van der Waals surface area (Å²) in [6.45, 7) is 15.6. The van der Waals surface area contributed by atoms with Crippen LogP contribution in [0.5, 0.6) is 0 Å². The number of carbonyl (C=O) groups excluding carboxylic acids is 3. The first-order valence-corrected chi connectivity index (χ1v) is 15.9. The van der Waals surface area contributed by atoms with Crippen LogP contribution in [-0.2, 0) is 19.1 Å². The van der Waals surface area contributed by atoms with Gasteiger partial charge in [-0.2, -0.15) is 0 Å². The molecule has 0 amide bonds. The number of aryl methyl sites for hydroxylation is 2. The number of allylic oxidation sites excluding steroid dienone is 3. The highest BCUT2D eigenvalue weighted by Crippen LogP contribution is 2.33. The van der Waals surface area contributed by atoms with E-state index in [1.165, 1.54) is 25.3 Å². The molecule has 0 aromatic heterocycles. The van der Waals surface area contributed by atoms with Gasteiger partial charge in [0.25, 0.3) is 0 Å². The van der Waals surface area contributed by atoms with Crippen LogP contribution in [0.4, 0.5) is 17.6 Å². The Hall–Kier alpha value is -4.00. The van der Waals surface area contributed by atoms with Crippen molar-refractivity contribution < 1.29 is 36.7 Å². The zero-order chi connectivity index (χ0) is 37.5. The molecule has 49 heavy (non-hydrogen) atoms. The summed E-state index contributed by atoms with van der Waals surface area (Å²) in [5.41, 5.74) is 2.63. The monoisotopic (exact) mass is 692 g/mol. The summed E-state index contributed by atoms with van der Waals surface area (Å²) in [6.07, 6.45) is 6.85. The van der Waals surface area contributed by atoms with Crippen LogP contribution in [0.3, 0.4) is 0 Å². The topological polar surface area (TPSA) is 100 Å². The van der Waals surface area contributed by atoms with Gasteiger partial charge in [-0.1, -0.05) is 32.9 Å². The number of nitrogens with one attached hydrogen (secondary N) is 2. The largest absolute Gasteiger partial charge is 0.469 e. The van der Waals surface area contributed by atoms with Crippen LogP contribution in [0.1, 0.15) is 56.3 Å². The van der Waals surface area contributed by atoms with Crippen molar-refractivity contribution in [3.63, 3.8) is 0 Å². The van der Waals surface area contributed by atoms with Gasteiger partial charge in [-0.3, -0.25) is 19.5 Å². The van der Waals surface area contributed by atoms with Gasteiger partial charge in [0.1, 0.15) is 24.0 Å². The molecule has 0 bridgehead atoms. The van der Waals surface area contributed by atoms with Crippen LogP contribution < -0.4 is 10.6 Å². The molecule has 0 spiro atoms. The number of aldehydes is 2. The number of nitrogens with zero attached hydrogens (tertiary/aromatic N) is 2. The lowest BCUT2D eigenvalue weighted by Crippen LogP contribution is -2.48. The fourth-order valence-electron chi connectivity index (χ4n) is 4.41. The number of likely N-dealkylation sites (N-methyl/N-ethyl adjacent to an activating group) is 1. The number of aliphatic imine (C=N–C) groups is 1. The molecule has 1 aliphatic heterocycles. The number of rotatable bonds is 13. The van der Waals surface area contributed by atoms with E-state index in [-0.39, 0.29) is 17.8 Å². The lowest BCUT2D eigenvalue weighted by Gasteiger charge is -2.33. The second-order valence-electron chi connectivity index (χ2n) is 11.8. The molecule has 1 atom stereocenters. The number of likely N-dealkylation sites (tertiary alicyclic amines) is 1. The number of hydrogen-bond acceptors (Lipinski definition) is 8. The molecule has 1 saturated heterocycles. The van der Waals surface area contributed by atoms with Gasteiger partial charge in [0.15, 0.2) is 17.9 Å². The van der Waals surface area contributed by atoms with Crippen LogP contribution in [-0.4, -0.2) is 83.7 Å². The molecule has 8 nitrogen and oxygen atoms in total. The maximum Gasteiger partial charge on any atom is 0.307 e. The average Bonchev–Trinajstić information content (AvgIpc) is 3.02. The Bertz CT molecular complexity index is 1360. The third-order valence-electron chi connectivity index (χ3n) is 6.68. The minimum atomic E-state index is -1.03. The summed E-state index contributed by atoms with van der Waals surface area (Å²) in [6, 6.07) is 4.50. The molecule has 0 saturated carbocycles. The molecule has 2 N–H and O–H groups in total. The molecule has 2 aromatic rings. The van der Waals surface area contributed by atoms with Gasteiger partial charge in [0.2, 0.25) is 0 Å². The molecule has 0 radical (unpaired) electrons. The number of benzene rings is 2. The van der Waals surface area contributed by atoms with E-state index in [0.717, 1.165) is 31.2 Å². The van der Waals surface area contributed by atoms with Gasteiger partial charge in [0, 0.05) is 31.2 Å². The number of carbonyl (C=O) groups is 3. The molecule has 0 aliphatic carbocycles. The first-order chi connectivity index (χ1) is 23.2. The maximum absolute atomic E-state index is 14.3. The van der Waals surface area contributed by atoms with Crippen LogP contribution in [0.15, 0.2) is 53.2 Å². The molecular formula is C37H52F4N4O4. The van der Waals surface area contributed by atoms with E-state index in [2.05, 4.69) is 47.9 Å². The van der Waals surface area contributed by atoms with E-state index in [1.54, 1.807) is 40.1 Å². The zero-order valence-corrected chi connectivity index (χ0v) is 29.9. The highest BCUT2D eigenvalue weighted by molar-refractivity contribution is 5.74. The minimum Gasteiger partial charge on any atom is -0.469 e. The number of methoxy groups -OCH3 is 1. The van der Waals surface area contributed by atoms with Crippen LogP contribution in [0.25, 0.3) is 11.1 Å². The Labute approximate surface area is 288 Å². The van der Waals surface area contributed by atoms with E-state index >= 15 is 0 Å². The van der Waals surface area contributed by atoms with Gasteiger partial charge >= 0.3 is 5.97 Å². The molecule has 1 aliphatic rings. The molecule has 272 valence electrons. The predicted molar refractivity (Wildman–Crippen MR) is 189 cm³/mol. The highest BCUT2D eigenvalue weighted by Gasteiger charge is 2.25. The molecular weight excluding hydrogens is 640 g/mol. The fraction of sp³-hybridized carbons (Fsp3) is 0.459. The van der Waals surface area contributed by atoms with Crippen molar-refractivity contribution in [1.29, 1.82) is 0 Å². The van der Waals surface area contributed by atoms with E-state index in [0.29, 0.717) is 53.9 Å². The summed E-state index contributed by atoms with van der Waals surface area (Å²) >= 11 is 0. The summed E-state index contributed by atoms with van der Waals surface area (Å²) in [5, 5.41) is 5.45. The fourth-order valence-corrected chi connectivity index (χ4v) is 4.41. The van der Waals surface area contributed by atoms with Gasteiger partial charge in [-0.25, -0.2) is 17.6 Å². The van der Waals surface area contributed by atoms with Gasteiger partial charge < -0.3 is 20.2 Å². The minimum absolute atomic E-state index is 0.0195. The number of hydrogen-bond donors (Lipinski definition) is 2. The normalized spacial score (nSPS) is 13.5. The van der Waals surface area contributed by atoms with Crippen molar-refractivity contribution >= 4 is 25.3 Å². The molecule has 1 heterocycles. The smallest absolute Gasteiger partial charge is 0.307 e. The van der Waals surface area contributed by atoms with Gasteiger partial charge in [0.05, 0.1) is 20.1 Å². The first kappa shape index (κ1) is 45.0. The molecule has 3 rings (SSSR count). The summed E-state index contributed by atoms with van der Waals surface area (Å²) in [4.78, 5) is 36.7. The highest BCUT2D eigenvalue weighted by atomic mass is 19.2. The molecule has 1 unspecified atom stereocenters. The lowest BCUT2D eigenvalue weighted by molar-refractivity contribution is -0.141. The number of esters is 1. The standard InChI is InChI=1S/C19H20F3NO2.C11H15FN2O.C4H10.C3H7NO/c1-10-5-13(20)6-11(2)18(10)12-7-14(19(22)15(21)8-12)16(23-3)9-17(24)25-4;1-13-11(9-15)5-3-2-4-6-14-7-10(12)8-14;1-4(2)3;1-4-2-3-5/h5-8,16,23H,9H2,1-4H3;2-3,5,9-10H,1,4,6-8H2;4H,1-3H3;3-4H,2H2,1H3/b;3-2-,11-5-;;. The lowest BCUT2D eigenvalue weighted by atomic mass is 9.92. The van der Waals surface area contributed by atoms with Crippen molar-refractivity contribution in [2.45, 2.75) is 59.7 Å². The Morgan fingerprint density at radius 1 is 1.08 bits per heavy atom. The van der Waals surface area contributed by atoms with E-state index in [4.69, 9.17) is 0 Å². The van der Waals surface area contributed by atoms with Crippen LogP contribution in [0.2, 0.25) is 0 Å². The molecule has 2 aromatic carbocycles. The van der Waals surface area contributed by atoms with Crippen LogP contribution >= 0.6 is 0 Å². The third-order valence-corrected chi connectivity index (χ3v) is 6.68. The maximum atomic E-state index is 14.3. The SMILES string of the molecule is C=N/C(C=O)=C\C=C/CCN1CC(F)C1.CC(C)C.CNC(CC(=O)OC)c1cc(-c2c(C)cc(F)cc2C)cc(F)c1F.CNCC=O. The third kappa shape index (κ3) is 17.8. The Morgan fingerprint density at radius 2 is 1.67 bits per heavy atom. The second kappa shape index (κ2) is 25.0. The average molecular weight is 693 g/mol. The Morgan fingerprint density at radius 3 is 2.10 bits per heavy atom. The van der Waals surface area contributed by atoms with Crippen molar-refractivity contribution in [2.75, 3.05) is 47.4 Å². The number of alkyl halides is 1. The van der Waals surface area contributed by atoms with Crippen LogP contribution in [0, 0.1) is 37.2 Å². The first-order valence-electron chi connectivity index (χ1n) is 15.9. The molecule has 1 fully saturated rings. The zero-order valence-electron chi connectivity index (χ0n) is 29.9. The Balaban J connectivity index is 0.000000807. The van der Waals surface area contributed by atoms with Gasteiger partial charge in [-0.05, 0) is 99.6 Å². The quantitative estimate of drug-likeness (QED) is 0.0606. The van der Waals surface area contributed by atoms with Crippen molar-refractivity contribution in [1.82, 2.24) is 15.5 Å². The second-order valence-corrected chi connectivity index (χ2v) is 11.8. The summed E-state index contributed by atoms with van der Waals surface area (Å²) < 4.78 is 59.1. The number of halogens is 4. The van der Waals surface area contributed by atoms with Crippen molar-refractivity contribution in [3.05, 3.63) is 82.3 Å². The predicted octanol–water partition coefficient (Wildman–Crippen LogP) is 6.65. The number of ether oxygens (including phenoxy) is 1. The van der Waals surface area contributed by atoms with E-state index in [1.807, 2.05) is 11.0 Å². The van der Waals surface area contributed by atoms with Crippen molar-refractivity contribution in [2.24, 2.45) is 10.9 Å². The van der Waals surface area contributed by atoms with E-state index < -0.39 is 29.8 Å². The summed E-state index contributed by atoms with van der Waals surface area (Å²) in [5.74, 6) is -2.15. The summed E-state index contributed by atoms with van der Waals surface area (Å²) in [7, 11) is 4.51. The van der Waals surface area contributed by atoms with Crippen molar-refractivity contribution in [3.8, 4) is 11.1 Å². The van der Waals surface area contributed by atoms with Gasteiger partial charge in [-0.15, -0.1) is 0 Å². The van der Waals surface area contributed by atoms with E-state index in [9.17, 15) is 31.9 Å². The molecule has 12 heteroatoms.